The quantitative estimate of drug-likeness (QED) is 0.817. The molecule has 1 aliphatic heterocycles. The van der Waals surface area contributed by atoms with E-state index in [0.717, 1.165) is 26.3 Å². The Balaban J connectivity index is 1.73. The van der Waals surface area contributed by atoms with Gasteiger partial charge in [-0.1, -0.05) is 6.07 Å². The number of nitrogens with zero attached hydrogens (tertiary/aromatic N) is 2. The van der Waals surface area contributed by atoms with Crippen LogP contribution < -0.4 is 4.74 Å². The first-order valence-electron chi connectivity index (χ1n) is 8.00. The SMILES string of the molecule is COc1ccc(O)c(C=NC[C@H](c2cccs2)N2CCOCC2)c1. The number of ether oxygens (including phenoxy) is 2. The third-order valence-electron chi connectivity index (χ3n) is 4.10. The van der Waals surface area contributed by atoms with Crippen molar-refractivity contribution in [2.24, 2.45) is 4.99 Å². The van der Waals surface area contributed by atoms with E-state index in [1.165, 1.54) is 4.88 Å². The number of phenols is 1. The smallest absolute Gasteiger partial charge is 0.124 e. The number of hydrogen-bond donors (Lipinski definition) is 1. The Morgan fingerprint density at radius 1 is 1.38 bits per heavy atom. The van der Waals surface area contributed by atoms with Crippen LogP contribution in [0.2, 0.25) is 0 Å². The van der Waals surface area contributed by atoms with Crippen LogP contribution in [-0.4, -0.2) is 56.2 Å². The van der Waals surface area contributed by atoms with Crippen molar-refractivity contribution in [3.05, 3.63) is 46.2 Å². The Morgan fingerprint density at radius 2 is 2.21 bits per heavy atom. The zero-order chi connectivity index (χ0) is 16.8. The molecule has 1 fully saturated rings. The van der Waals surface area contributed by atoms with Crippen molar-refractivity contribution in [2.45, 2.75) is 6.04 Å². The highest BCUT2D eigenvalue weighted by atomic mass is 32.1. The van der Waals surface area contributed by atoms with Crippen LogP contribution >= 0.6 is 11.3 Å². The lowest BCUT2D eigenvalue weighted by Gasteiger charge is -2.33. The van der Waals surface area contributed by atoms with E-state index in [9.17, 15) is 5.11 Å². The van der Waals surface area contributed by atoms with Gasteiger partial charge in [0.1, 0.15) is 11.5 Å². The molecule has 128 valence electrons. The van der Waals surface area contributed by atoms with Crippen molar-refractivity contribution in [1.82, 2.24) is 4.90 Å². The minimum atomic E-state index is 0.207. The molecule has 2 aromatic rings. The molecule has 0 aliphatic carbocycles. The molecule has 0 spiro atoms. The first-order chi connectivity index (χ1) is 11.8. The van der Waals surface area contributed by atoms with Gasteiger partial charge in [0.25, 0.3) is 0 Å². The molecule has 1 saturated heterocycles. The molecule has 0 amide bonds. The lowest BCUT2D eigenvalue weighted by atomic mass is 10.2. The van der Waals surface area contributed by atoms with E-state index in [4.69, 9.17) is 9.47 Å². The van der Waals surface area contributed by atoms with E-state index in [1.54, 1.807) is 42.9 Å². The predicted molar refractivity (Wildman–Crippen MR) is 96.6 cm³/mol. The summed E-state index contributed by atoms with van der Waals surface area (Å²) in [6.07, 6.45) is 1.72. The average molecular weight is 346 g/mol. The van der Waals surface area contributed by atoms with Gasteiger partial charge in [-0.25, -0.2) is 0 Å². The van der Waals surface area contributed by atoms with Gasteiger partial charge < -0.3 is 14.6 Å². The van der Waals surface area contributed by atoms with Crippen LogP contribution in [-0.2, 0) is 4.74 Å². The molecule has 0 radical (unpaired) electrons. The fraction of sp³-hybridized carbons (Fsp3) is 0.389. The third-order valence-corrected chi connectivity index (χ3v) is 5.08. The van der Waals surface area contributed by atoms with Crippen molar-refractivity contribution in [3.8, 4) is 11.5 Å². The van der Waals surface area contributed by atoms with Gasteiger partial charge in [-0.2, -0.15) is 0 Å². The normalized spacial score (nSPS) is 17.2. The molecule has 1 aliphatic rings. The number of thiophene rings is 1. The van der Waals surface area contributed by atoms with E-state index in [-0.39, 0.29) is 11.8 Å². The maximum atomic E-state index is 9.96. The van der Waals surface area contributed by atoms with Crippen molar-refractivity contribution in [1.29, 1.82) is 0 Å². The maximum Gasteiger partial charge on any atom is 0.124 e. The summed E-state index contributed by atoms with van der Waals surface area (Å²) >= 11 is 1.75. The fourth-order valence-corrected chi connectivity index (χ4v) is 3.62. The largest absolute Gasteiger partial charge is 0.507 e. The molecule has 6 heteroatoms. The van der Waals surface area contributed by atoms with E-state index < -0.39 is 0 Å². The topological polar surface area (TPSA) is 54.3 Å². The van der Waals surface area contributed by atoms with E-state index in [0.29, 0.717) is 17.9 Å². The molecule has 24 heavy (non-hydrogen) atoms. The summed E-state index contributed by atoms with van der Waals surface area (Å²) in [4.78, 5) is 8.32. The summed E-state index contributed by atoms with van der Waals surface area (Å²) in [7, 11) is 1.61. The van der Waals surface area contributed by atoms with Crippen LogP contribution in [0.4, 0.5) is 0 Å². The van der Waals surface area contributed by atoms with E-state index in [2.05, 4.69) is 27.4 Å². The highest BCUT2D eigenvalue weighted by Crippen LogP contribution is 2.27. The van der Waals surface area contributed by atoms with Crippen molar-refractivity contribution in [2.75, 3.05) is 40.0 Å². The number of aromatic hydroxyl groups is 1. The lowest BCUT2D eigenvalue weighted by molar-refractivity contribution is 0.0187. The van der Waals surface area contributed by atoms with Crippen molar-refractivity contribution < 1.29 is 14.6 Å². The van der Waals surface area contributed by atoms with Gasteiger partial charge >= 0.3 is 0 Å². The van der Waals surface area contributed by atoms with Gasteiger partial charge in [0, 0.05) is 29.7 Å². The fourth-order valence-electron chi connectivity index (χ4n) is 2.77. The zero-order valence-electron chi connectivity index (χ0n) is 13.7. The summed E-state index contributed by atoms with van der Waals surface area (Å²) in [6, 6.07) is 9.62. The second kappa shape index (κ2) is 8.28. The number of benzene rings is 1. The number of rotatable bonds is 6. The number of methoxy groups -OCH3 is 1. The minimum absolute atomic E-state index is 0.207. The van der Waals surface area contributed by atoms with Gasteiger partial charge in [0.15, 0.2) is 0 Å². The van der Waals surface area contributed by atoms with Crippen LogP contribution in [0.25, 0.3) is 0 Å². The standard InChI is InChI=1S/C18H22N2O3S/c1-22-15-4-5-17(21)14(11-15)12-19-13-16(18-3-2-10-24-18)20-6-8-23-9-7-20/h2-5,10-12,16,21H,6-9,13H2,1H3/t16-/m1/s1. The molecule has 0 bridgehead atoms. The van der Waals surface area contributed by atoms with Gasteiger partial charge in [-0.3, -0.25) is 9.89 Å². The van der Waals surface area contributed by atoms with Gasteiger partial charge in [-0.05, 0) is 29.6 Å². The number of morpholine rings is 1. The first kappa shape index (κ1) is 17.0. The van der Waals surface area contributed by atoms with Crippen LogP contribution in [0.3, 0.4) is 0 Å². The number of phenolic OH excluding ortho intramolecular Hbond substituents is 1. The third kappa shape index (κ3) is 4.14. The molecular formula is C18H22N2O3S. The highest BCUT2D eigenvalue weighted by Gasteiger charge is 2.22. The number of hydrogen-bond acceptors (Lipinski definition) is 6. The summed E-state index contributed by atoms with van der Waals surface area (Å²) in [5.41, 5.74) is 0.668. The second-order valence-electron chi connectivity index (χ2n) is 5.60. The molecule has 0 unspecified atom stereocenters. The molecular weight excluding hydrogens is 324 g/mol. The minimum Gasteiger partial charge on any atom is -0.507 e. The van der Waals surface area contributed by atoms with Crippen LogP contribution in [0.15, 0.2) is 40.7 Å². The highest BCUT2D eigenvalue weighted by molar-refractivity contribution is 7.10. The molecule has 0 saturated carbocycles. The summed E-state index contributed by atoms with van der Waals surface area (Å²) in [5.74, 6) is 0.913. The molecule has 5 nitrogen and oxygen atoms in total. The van der Waals surface area contributed by atoms with Gasteiger partial charge in [-0.15, -0.1) is 11.3 Å². The Kier molecular flexibility index (Phi) is 5.85. The first-order valence-corrected chi connectivity index (χ1v) is 8.88. The van der Waals surface area contributed by atoms with Gasteiger partial charge in [0.05, 0.1) is 32.9 Å². The van der Waals surface area contributed by atoms with Gasteiger partial charge in [0.2, 0.25) is 0 Å². The van der Waals surface area contributed by atoms with Crippen molar-refractivity contribution in [3.63, 3.8) is 0 Å². The van der Waals surface area contributed by atoms with Crippen LogP contribution in [0, 0.1) is 0 Å². The Hall–Kier alpha value is -1.89. The molecule has 1 N–H and O–H groups in total. The Bertz CT molecular complexity index is 667. The van der Waals surface area contributed by atoms with Crippen LogP contribution in [0.1, 0.15) is 16.5 Å². The Labute approximate surface area is 146 Å². The molecule has 1 aromatic heterocycles. The monoisotopic (exact) mass is 346 g/mol. The summed E-state index contributed by atoms with van der Waals surface area (Å²) < 4.78 is 10.7. The van der Waals surface area contributed by atoms with E-state index in [1.807, 2.05) is 0 Å². The van der Waals surface area contributed by atoms with E-state index >= 15 is 0 Å². The Morgan fingerprint density at radius 3 is 2.92 bits per heavy atom. The summed E-state index contributed by atoms with van der Waals surface area (Å²) in [6.45, 7) is 4.02. The molecule has 3 rings (SSSR count). The number of aliphatic imine (C=N–C) groups is 1. The molecule has 1 atom stereocenters. The zero-order valence-corrected chi connectivity index (χ0v) is 14.5. The lowest BCUT2D eigenvalue weighted by Crippen LogP contribution is -2.39. The molecule has 2 heterocycles. The maximum absolute atomic E-state index is 9.96. The predicted octanol–water partition coefficient (Wildman–Crippen LogP) is 2.95. The second-order valence-corrected chi connectivity index (χ2v) is 6.58. The van der Waals surface area contributed by atoms with Crippen LogP contribution in [0.5, 0.6) is 11.5 Å². The molecule has 1 aromatic carbocycles. The average Bonchev–Trinajstić information content (AvgIpc) is 3.15. The summed E-state index contributed by atoms with van der Waals surface area (Å²) in [5, 5.41) is 12.1. The van der Waals surface area contributed by atoms with Crippen molar-refractivity contribution >= 4 is 17.6 Å².